The van der Waals surface area contributed by atoms with Crippen molar-refractivity contribution in [3.63, 3.8) is 0 Å². The number of carboxylic acid groups (broad SMARTS) is 1. The van der Waals surface area contributed by atoms with Crippen molar-refractivity contribution in [2.45, 2.75) is 63.5 Å². The summed E-state index contributed by atoms with van der Waals surface area (Å²) < 4.78 is 0. The third-order valence-corrected chi connectivity index (χ3v) is 4.23. The molecule has 0 aliphatic heterocycles. The summed E-state index contributed by atoms with van der Waals surface area (Å²) in [5, 5.41) is 14.9. The Kier molecular flexibility index (Phi) is 3.78. The second-order valence-electron chi connectivity index (χ2n) is 5.56. The fourth-order valence-corrected chi connectivity index (χ4v) is 2.85. The molecule has 5 nitrogen and oxygen atoms in total. The third-order valence-electron chi connectivity index (χ3n) is 4.23. The highest BCUT2D eigenvalue weighted by molar-refractivity contribution is 5.86. The molecule has 0 aromatic heterocycles. The fraction of sp³-hybridized carbons (Fsp3) is 0.846. The van der Waals surface area contributed by atoms with Gasteiger partial charge in [0.1, 0.15) is 5.54 Å². The van der Waals surface area contributed by atoms with Crippen molar-refractivity contribution < 1.29 is 14.7 Å². The van der Waals surface area contributed by atoms with Gasteiger partial charge in [-0.15, -0.1) is 0 Å². The number of aliphatic carboxylic acids is 1. The van der Waals surface area contributed by atoms with Crippen molar-refractivity contribution >= 4 is 12.0 Å². The summed E-state index contributed by atoms with van der Waals surface area (Å²) in [5.74, 6) is -0.330. The molecule has 102 valence electrons. The van der Waals surface area contributed by atoms with Gasteiger partial charge in [0.05, 0.1) is 0 Å². The normalized spacial score (nSPS) is 29.4. The molecule has 0 aromatic rings. The smallest absolute Gasteiger partial charge is 0.329 e. The van der Waals surface area contributed by atoms with Gasteiger partial charge in [-0.2, -0.15) is 0 Å². The van der Waals surface area contributed by atoms with E-state index < -0.39 is 11.5 Å². The van der Waals surface area contributed by atoms with Crippen LogP contribution in [0.4, 0.5) is 4.79 Å². The minimum absolute atomic E-state index is 0.240. The Balaban J connectivity index is 1.88. The van der Waals surface area contributed by atoms with Gasteiger partial charge in [-0.25, -0.2) is 9.59 Å². The molecule has 2 atom stereocenters. The van der Waals surface area contributed by atoms with Crippen molar-refractivity contribution in [2.24, 2.45) is 5.92 Å². The van der Waals surface area contributed by atoms with Crippen LogP contribution >= 0.6 is 0 Å². The molecular formula is C13H22N2O3. The summed E-state index contributed by atoms with van der Waals surface area (Å²) in [6, 6.07) is -0.0790. The van der Waals surface area contributed by atoms with Crippen LogP contribution in [0.1, 0.15) is 51.9 Å². The Hall–Kier alpha value is -1.26. The summed E-state index contributed by atoms with van der Waals surface area (Å²) >= 11 is 0. The molecule has 2 saturated carbocycles. The molecule has 2 rings (SSSR count). The lowest BCUT2D eigenvalue weighted by Crippen LogP contribution is -2.58. The number of urea groups is 1. The lowest BCUT2D eigenvalue weighted by atomic mass is 9.82. The highest BCUT2D eigenvalue weighted by atomic mass is 16.4. The Bertz CT molecular complexity index is 337. The topological polar surface area (TPSA) is 78.4 Å². The lowest BCUT2D eigenvalue weighted by molar-refractivity contribution is -0.145. The van der Waals surface area contributed by atoms with E-state index in [1.807, 2.05) is 0 Å². The zero-order valence-corrected chi connectivity index (χ0v) is 10.9. The van der Waals surface area contributed by atoms with Crippen molar-refractivity contribution in [3.8, 4) is 0 Å². The van der Waals surface area contributed by atoms with Crippen molar-refractivity contribution in [1.82, 2.24) is 10.6 Å². The summed E-state index contributed by atoms with van der Waals surface area (Å²) in [6.45, 7) is 2.10. The highest BCUT2D eigenvalue weighted by Gasteiger charge is 2.43. The maximum Gasteiger partial charge on any atom is 0.329 e. The first-order valence-corrected chi connectivity index (χ1v) is 6.89. The molecule has 5 heteroatoms. The zero-order chi connectivity index (χ0) is 13.2. The Labute approximate surface area is 107 Å². The number of rotatable bonds is 4. The summed E-state index contributed by atoms with van der Waals surface area (Å²) in [7, 11) is 0. The van der Waals surface area contributed by atoms with Crippen LogP contribution in [0.5, 0.6) is 0 Å². The number of hydrogen-bond donors (Lipinski definition) is 3. The van der Waals surface area contributed by atoms with Gasteiger partial charge >= 0.3 is 12.0 Å². The molecule has 18 heavy (non-hydrogen) atoms. The van der Waals surface area contributed by atoms with Crippen molar-refractivity contribution in [2.75, 3.05) is 0 Å². The Morgan fingerprint density at radius 2 is 1.94 bits per heavy atom. The van der Waals surface area contributed by atoms with Crippen LogP contribution in [-0.4, -0.2) is 28.7 Å². The first kappa shape index (κ1) is 13.2. The molecule has 0 heterocycles. The first-order chi connectivity index (χ1) is 8.57. The fourth-order valence-electron chi connectivity index (χ4n) is 2.85. The quantitative estimate of drug-likeness (QED) is 0.716. The van der Waals surface area contributed by atoms with Gasteiger partial charge in [-0.1, -0.05) is 32.6 Å². The number of amides is 2. The molecule has 3 N–H and O–H groups in total. The summed E-state index contributed by atoms with van der Waals surface area (Å²) in [4.78, 5) is 23.2. The van der Waals surface area contributed by atoms with E-state index in [0.717, 1.165) is 32.1 Å². The lowest BCUT2D eigenvalue weighted by Gasteiger charge is -2.33. The van der Waals surface area contributed by atoms with Crippen LogP contribution in [0.2, 0.25) is 0 Å². The molecular weight excluding hydrogens is 232 g/mol. The van der Waals surface area contributed by atoms with E-state index in [4.69, 9.17) is 0 Å². The summed E-state index contributed by atoms with van der Waals surface area (Å²) in [6.07, 6.45) is 5.95. The van der Waals surface area contributed by atoms with E-state index in [1.54, 1.807) is 0 Å². The van der Waals surface area contributed by atoms with Crippen LogP contribution in [0.15, 0.2) is 0 Å². The van der Waals surface area contributed by atoms with E-state index in [-0.39, 0.29) is 12.1 Å². The van der Waals surface area contributed by atoms with Crippen LogP contribution in [0, 0.1) is 5.92 Å². The maximum atomic E-state index is 11.8. The minimum atomic E-state index is -1.04. The maximum absolute atomic E-state index is 11.8. The number of carbonyl (C=O) groups is 2. The average Bonchev–Trinajstić information content (AvgIpc) is 3.08. The number of carboxylic acids is 1. The van der Waals surface area contributed by atoms with Gasteiger partial charge in [0.2, 0.25) is 0 Å². The average molecular weight is 254 g/mol. The van der Waals surface area contributed by atoms with E-state index in [2.05, 4.69) is 17.6 Å². The van der Waals surface area contributed by atoms with Crippen LogP contribution in [0.25, 0.3) is 0 Å². The Morgan fingerprint density at radius 1 is 1.28 bits per heavy atom. The summed E-state index contributed by atoms with van der Waals surface area (Å²) in [5.41, 5.74) is -1.04. The van der Waals surface area contributed by atoms with Crippen LogP contribution < -0.4 is 10.6 Å². The van der Waals surface area contributed by atoms with Gasteiger partial charge in [0, 0.05) is 6.04 Å². The predicted molar refractivity (Wildman–Crippen MR) is 67.3 cm³/mol. The van der Waals surface area contributed by atoms with E-state index in [0.29, 0.717) is 18.8 Å². The van der Waals surface area contributed by atoms with Crippen LogP contribution in [-0.2, 0) is 4.79 Å². The highest BCUT2D eigenvalue weighted by Crippen LogP contribution is 2.33. The molecule has 0 aromatic carbocycles. The van der Waals surface area contributed by atoms with E-state index in [1.165, 1.54) is 0 Å². The van der Waals surface area contributed by atoms with Gasteiger partial charge in [0.15, 0.2) is 0 Å². The van der Waals surface area contributed by atoms with Gasteiger partial charge in [-0.05, 0) is 25.2 Å². The number of carbonyl (C=O) groups excluding carboxylic acids is 1. The van der Waals surface area contributed by atoms with Gasteiger partial charge < -0.3 is 15.7 Å². The largest absolute Gasteiger partial charge is 0.480 e. The standard InChI is InChI=1S/C13H22N2O3/c1-2-9-8-10(9)14-12(18)15-13(11(16)17)6-4-3-5-7-13/h9-10H,2-8H2,1H3,(H,16,17)(H2,14,15,18). The molecule has 0 radical (unpaired) electrons. The van der Waals surface area contributed by atoms with Crippen molar-refractivity contribution in [1.29, 1.82) is 0 Å². The number of hydrogen-bond acceptors (Lipinski definition) is 2. The second kappa shape index (κ2) is 5.16. The van der Waals surface area contributed by atoms with Crippen molar-refractivity contribution in [3.05, 3.63) is 0 Å². The second-order valence-corrected chi connectivity index (χ2v) is 5.56. The SMILES string of the molecule is CCC1CC1NC(=O)NC1(C(=O)O)CCCCC1. The predicted octanol–water partition coefficient (Wildman–Crippen LogP) is 1.87. The molecule has 0 bridgehead atoms. The zero-order valence-electron chi connectivity index (χ0n) is 10.9. The molecule has 2 aliphatic carbocycles. The van der Waals surface area contributed by atoms with Gasteiger partial charge in [-0.3, -0.25) is 0 Å². The molecule has 2 amide bonds. The molecule has 2 unspecified atom stereocenters. The third kappa shape index (κ3) is 2.76. The Morgan fingerprint density at radius 3 is 2.44 bits per heavy atom. The molecule has 0 spiro atoms. The molecule has 2 fully saturated rings. The number of nitrogens with one attached hydrogen (secondary N) is 2. The first-order valence-electron chi connectivity index (χ1n) is 6.89. The van der Waals surface area contributed by atoms with E-state index in [9.17, 15) is 14.7 Å². The molecule has 2 aliphatic rings. The van der Waals surface area contributed by atoms with Gasteiger partial charge in [0.25, 0.3) is 0 Å². The molecule has 0 saturated heterocycles. The monoisotopic (exact) mass is 254 g/mol. The van der Waals surface area contributed by atoms with Crippen LogP contribution in [0.3, 0.4) is 0 Å². The minimum Gasteiger partial charge on any atom is -0.480 e. The van der Waals surface area contributed by atoms with E-state index >= 15 is 0 Å².